The van der Waals surface area contributed by atoms with Crippen molar-refractivity contribution in [1.82, 2.24) is 5.32 Å². The van der Waals surface area contributed by atoms with Crippen LogP contribution in [0.2, 0.25) is 0 Å². The van der Waals surface area contributed by atoms with Crippen molar-refractivity contribution >= 4 is 22.3 Å². The number of aliphatic carboxylic acids is 1. The lowest BCUT2D eigenvalue weighted by Gasteiger charge is -2.69. The maximum Gasteiger partial charge on any atom is 0.371 e. The topological polar surface area (TPSA) is 221 Å². The molecule has 1 saturated heterocycles. The Morgan fingerprint density at radius 2 is 1.41 bits per heavy atom. The third-order valence-corrected chi connectivity index (χ3v) is 10.5. The minimum Gasteiger partial charge on any atom is -0.726 e. The van der Waals surface area contributed by atoms with Crippen molar-refractivity contribution in [3.63, 3.8) is 0 Å². The van der Waals surface area contributed by atoms with E-state index in [4.69, 9.17) is 14.2 Å². The molecule has 0 aromatic heterocycles. The SMILES string of the molecule is CC(=O)NC1(C)C(C)(C)OC(C)(COS(=O)(=O)[O-])C(C)(COCC2(C)OC(C(=O)O)=C(C)C(C)(O)C2(C)O)C1(C)O. The maximum atomic E-state index is 12.3. The molecule has 0 aliphatic carbocycles. The molecule has 1 amide bonds. The molecule has 238 valence electrons. The average molecular weight is 611 g/mol. The van der Waals surface area contributed by atoms with Gasteiger partial charge >= 0.3 is 5.97 Å². The number of carbonyl (C=O) groups excluding carboxylic acids is 1. The molecule has 41 heavy (non-hydrogen) atoms. The fourth-order valence-electron chi connectivity index (χ4n) is 6.05. The summed E-state index contributed by atoms with van der Waals surface area (Å²) < 4.78 is 56.9. The largest absolute Gasteiger partial charge is 0.726 e. The van der Waals surface area contributed by atoms with Crippen LogP contribution in [0, 0.1) is 5.41 Å². The third kappa shape index (κ3) is 5.28. The summed E-state index contributed by atoms with van der Waals surface area (Å²) in [7, 11) is -5.19. The van der Waals surface area contributed by atoms with E-state index >= 15 is 0 Å². The molecule has 1 fully saturated rings. The van der Waals surface area contributed by atoms with Crippen LogP contribution in [0.15, 0.2) is 11.3 Å². The van der Waals surface area contributed by atoms with Crippen LogP contribution < -0.4 is 5.32 Å². The van der Waals surface area contributed by atoms with Crippen LogP contribution in [0.3, 0.4) is 0 Å². The monoisotopic (exact) mass is 610 g/mol. The summed E-state index contributed by atoms with van der Waals surface area (Å²) in [5, 5.41) is 47.2. The normalized spacial score (nSPS) is 42.9. The van der Waals surface area contributed by atoms with Crippen molar-refractivity contribution < 1.29 is 61.4 Å². The molecule has 0 radical (unpaired) electrons. The van der Waals surface area contributed by atoms with Crippen LogP contribution in [0.5, 0.6) is 0 Å². The van der Waals surface area contributed by atoms with Crippen LogP contribution in [0.1, 0.15) is 76.2 Å². The molecule has 0 aromatic rings. The smallest absolute Gasteiger partial charge is 0.371 e. The van der Waals surface area contributed by atoms with Gasteiger partial charge in [0.2, 0.25) is 22.1 Å². The Bertz CT molecular complexity index is 1220. The van der Waals surface area contributed by atoms with Crippen molar-refractivity contribution in [2.45, 2.75) is 115 Å². The molecule has 2 aliphatic heterocycles. The molecule has 2 rings (SSSR count). The van der Waals surface area contributed by atoms with Crippen molar-refractivity contribution in [2.75, 3.05) is 19.8 Å². The van der Waals surface area contributed by atoms with Gasteiger partial charge in [0.25, 0.3) is 0 Å². The molecule has 2 heterocycles. The highest BCUT2D eigenvalue weighted by atomic mass is 32.3. The van der Waals surface area contributed by atoms with Gasteiger partial charge in [-0.25, -0.2) is 13.2 Å². The van der Waals surface area contributed by atoms with Gasteiger partial charge in [-0.15, -0.1) is 0 Å². The Kier molecular flexibility index (Phi) is 8.72. The van der Waals surface area contributed by atoms with Crippen LogP contribution in [0.25, 0.3) is 0 Å². The minimum atomic E-state index is -5.19. The predicted molar refractivity (Wildman–Crippen MR) is 142 cm³/mol. The second-order valence-corrected chi connectivity index (χ2v) is 14.0. The number of carbonyl (C=O) groups is 2. The fourth-order valence-corrected chi connectivity index (χ4v) is 6.42. The zero-order valence-corrected chi connectivity index (χ0v) is 26.3. The van der Waals surface area contributed by atoms with E-state index in [0.29, 0.717) is 0 Å². The molecule has 15 heteroatoms. The van der Waals surface area contributed by atoms with Crippen molar-refractivity contribution in [3.8, 4) is 0 Å². The highest BCUT2D eigenvalue weighted by Crippen LogP contribution is 2.58. The van der Waals surface area contributed by atoms with Crippen molar-refractivity contribution in [3.05, 3.63) is 11.3 Å². The van der Waals surface area contributed by atoms with E-state index in [1.54, 1.807) is 13.8 Å². The van der Waals surface area contributed by atoms with E-state index in [0.717, 1.165) is 0 Å². The number of nitrogens with one attached hydrogen (secondary N) is 1. The summed E-state index contributed by atoms with van der Waals surface area (Å²) >= 11 is 0. The first-order valence-electron chi connectivity index (χ1n) is 13.0. The van der Waals surface area contributed by atoms with Gasteiger partial charge in [-0.3, -0.25) is 8.98 Å². The number of ether oxygens (including phenoxy) is 3. The van der Waals surface area contributed by atoms with Gasteiger partial charge < -0.3 is 44.5 Å². The number of aliphatic hydroxyl groups is 3. The molecule has 0 saturated carbocycles. The minimum absolute atomic E-state index is 0.111. The van der Waals surface area contributed by atoms with Crippen LogP contribution in [-0.4, -0.2) is 104 Å². The Morgan fingerprint density at radius 1 is 0.902 bits per heavy atom. The lowest BCUT2D eigenvalue weighted by atomic mass is 9.51. The molecule has 5 N–H and O–H groups in total. The molecular formula is C26H44NO13S-. The zero-order valence-electron chi connectivity index (χ0n) is 25.5. The second kappa shape index (κ2) is 10.1. The van der Waals surface area contributed by atoms with E-state index in [2.05, 4.69) is 9.50 Å². The van der Waals surface area contributed by atoms with Crippen LogP contribution in [0.4, 0.5) is 0 Å². The Balaban J connectivity index is 2.61. The number of carboxylic acid groups (broad SMARTS) is 1. The molecule has 14 nitrogen and oxygen atoms in total. The summed E-state index contributed by atoms with van der Waals surface area (Å²) in [6, 6.07) is 0. The van der Waals surface area contributed by atoms with E-state index in [1.165, 1.54) is 62.3 Å². The Hall–Kier alpha value is -1.85. The van der Waals surface area contributed by atoms with E-state index in [1.807, 2.05) is 0 Å². The number of amides is 1. The zero-order chi connectivity index (χ0) is 32.5. The highest BCUT2D eigenvalue weighted by Gasteiger charge is 2.73. The van der Waals surface area contributed by atoms with Gasteiger partial charge in [-0.05, 0) is 62.3 Å². The summed E-state index contributed by atoms with van der Waals surface area (Å²) in [5.74, 6) is -2.55. The molecule has 0 bridgehead atoms. The molecular weight excluding hydrogens is 566 g/mol. The molecule has 0 aromatic carbocycles. The van der Waals surface area contributed by atoms with Gasteiger partial charge in [0.1, 0.15) is 16.8 Å². The molecule has 2 aliphatic rings. The number of carboxylic acids is 1. The highest BCUT2D eigenvalue weighted by molar-refractivity contribution is 7.80. The van der Waals surface area contributed by atoms with Gasteiger partial charge in [-0.1, -0.05) is 6.92 Å². The summed E-state index contributed by atoms with van der Waals surface area (Å²) in [4.78, 5) is 24.1. The third-order valence-electron chi connectivity index (χ3n) is 10.1. The number of hydrogen-bond acceptors (Lipinski definition) is 12. The first-order chi connectivity index (χ1) is 18.0. The summed E-state index contributed by atoms with van der Waals surface area (Å²) in [6.45, 7) is 13.5. The van der Waals surface area contributed by atoms with Crippen LogP contribution >= 0.6 is 0 Å². The van der Waals surface area contributed by atoms with Crippen molar-refractivity contribution in [1.29, 1.82) is 0 Å². The molecule has 7 unspecified atom stereocenters. The quantitative estimate of drug-likeness (QED) is 0.176. The van der Waals surface area contributed by atoms with Crippen LogP contribution in [-0.2, 0) is 38.4 Å². The first kappa shape index (κ1) is 35.3. The van der Waals surface area contributed by atoms with Gasteiger partial charge in [0.15, 0.2) is 5.60 Å². The fraction of sp³-hybridized carbons (Fsp3) is 0.846. The standard InChI is InChI=1S/C26H45NO13S/c1-15-17(18(29)30)39-22(7,26(11,33)23(15,8)31)13-37-12-20(5)21(6,14-38-41(34,35)36)40-19(3,4)24(9,25(20,10)32)27-16(2)28/h31-33H,12-14H2,1-11H3,(H,27,28)(H,29,30)(H,34,35,36)/p-1. The van der Waals surface area contributed by atoms with Gasteiger partial charge in [-0.2, -0.15) is 0 Å². The summed E-state index contributed by atoms with van der Waals surface area (Å²) in [6.07, 6.45) is 0. The van der Waals surface area contributed by atoms with E-state index in [-0.39, 0.29) is 5.57 Å². The number of rotatable bonds is 9. The second-order valence-electron chi connectivity index (χ2n) is 13.0. The lowest BCUT2D eigenvalue weighted by Crippen LogP contribution is -2.85. The molecule has 7 atom stereocenters. The van der Waals surface area contributed by atoms with Crippen molar-refractivity contribution in [2.24, 2.45) is 5.41 Å². The molecule has 0 spiro atoms. The number of hydrogen-bond donors (Lipinski definition) is 5. The predicted octanol–water partition coefficient (Wildman–Crippen LogP) is 0.349. The van der Waals surface area contributed by atoms with Gasteiger partial charge in [0, 0.05) is 12.5 Å². The van der Waals surface area contributed by atoms with Gasteiger partial charge in [0.05, 0.1) is 42.0 Å². The maximum absolute atomic E-state index is 12.3. The first-order valence-corrected chi connectivity index (χ1v) is 14.3. The Labute approximate surface area is 241 Å². The van der Waals surface area contributed by atoms with E-state index in [9.17, 15) is 43.0 Å². The average Bonchev–Trinajstić information content (AvgIpc) is 2.77. The van der Waals surface area contributed by atoms with E-state index < -0.39 is 92.4 Å². The summed E-state index contributed by atoms with van der Waals surface area (Å²) in [5.41, 5.74) is -14.4. The lowest BCUT2D eigenvalue weighted by molar-refractivity contribution is -0.354. The Morgan fingerprint density at radius 3 is 1.85 bits per heavy atom.